The summed E-state index contributed by atoms with van der Waals surface area (Å²) >= 11 is 0. The SMILES string of the molecule is CCNC(=NCCNC(C)(C)C)NC1CC1. The highest BCUT2D eigenvalue weighted by atomic mass is 15.2. The van der Waals surface area contributed by atoms with Gasteiger partial charge >= 0.3 is 0 Å². The molecule has 0 saturated heterocycles. The van der Waals surface area contributed by atoms with Gasteiger partial charge in [0.1, 0.15) is 0 Å². The van der Waals surface area contributed by atoms with E-state index < -0.39 is 0 Å². The molecule has 16 heavy (non-hydrogen) atoms. The first-order valence-corrected chi connectivity index (χ1v) is 6.31. The molecule has 1 aliphatic rings. The molecule has 0 unspecified atom stereocenters. The van der Waals surface area contributed by atoms with E-state index >= 15 is 0 Å². The molecule has 0 radical (unpaired) electrons. The van der Waals surface area contributed by atoms with E-state index in [0.717, 1.165) is 25.6 Å². The average Bonchev–Trinajstić information content (AvgIpc) is 2.95. The zero-order valence-electron chi connectivity index (χ0n) is 11.1. The van der Waals surface area contributed by atoms with E-state index in [4.69, 9.17) is 0 Å². The van der Waals surface area contributed by atoms with Gasteiger partial charge in [0.15, 0.2) is 5.96 Å². The van der Waals surface area contributed by atoms with E-state index in [1.54, 1.807) is 0 Å². The Balaban J connectivity index is 2.21. The molecular weight excluding hydrogens is 200 g/mol. The maximum Gasteiger partial charge on any atom is 0.191 e. The van der Waals surface area contributed by atoms with Crippen molar-refractivity contribution in [3.63, 3.8) is 0 Å². The zero-order chi connectivity index (χ0) is 12.0. The number of hydrogen-bond donors (Lipinski definition) is 3. The first-order chi connectivity index (χ1) is 7.51. The van der Waals surface area contributed by atoms with Gasteiger partial charge in [-0.1, -0.05) is 0 Å². The third-order valence-electron chi connectivity index (χ3n) is 2.30. The molecule has 0 amide bonds. The van der Waals surface area contributed by atoms with Gasteiger partial charge in [-0.05, 0) is 40.5 Å². The number of nitrogens with zero attached hydrogens (tertiary/aromatic N) is 1. The lowest BCUT2D eigenvalue weighted by Gasteiger charge is -2.19. The van der Waals surface area contributed by atoms with E-state index in [-0.39, 0.29) is 5.54 Å². The highest BCUT2D eigenvalue weighted by Gasteiger charge is 2.21. The van der Waals surface area contributed by atoms with Crippen molar-refractivity contribution in [3.8, 4) is 0 Å². The van der Waals surface area contributed by atoms with Gasteiger partial charge in [-0.15, -0.1) is 0 Å². The van der Waals surface area contributed by atoms with Crippen LogP contribution in [0.3, 0.4) is 0 Å². The van der Waals surface area contributed by atoms with Crippen molar-refractivity contribution in [1.29, 1.82) is 0 Å². The van der Waals surface area contributed by atoms with Crippen LogP contribution in [-0.2, 0) is 0 Å². The van der Waals surface area contributed by atoms with E-state index in [1.165, 1.54) is 12.8 Å². The minimum Gasteiger partial charge on any atom is -0.357 e. The lowest BCUT2D eigenvalue weighted by Crippen LogP contribution is -2.40. The van der Waals surface area contributed by atoms with Crippen LogP contribution in [0, 0.1) is 0 Å². The van der Waals surface area contributed by atoms with Crippen molar-refractivity contribution in [2.45, 2.75) is 52.1 Å². The Hall–Kier alpha value is -0.770. The minimum atomic E-state index is 0.178. The Morgan fingerprint density at radius 2 is 2.00 bits per heavy atom. The molecule has 4 heteroatoms. The van der Waals surface area contributed by atoms with Gasteiger partial charge < -0.3 is 16.0 Å². The van der Waals surface area contributed by atoms with Gasteiger partial charge in [0.2, 0.25) is 0 Å². The zero-order valence-corrected chi connectivity index (χ0v) is 11.1. The molecule has 0 aromatic carbocycles. The molecule has 1 rings (SSSR count). The molecule has 3 N–H and O–H groups in total. The maximum absolute atomic E-state index is 4.53. The van der Waals surface area contributed by atoms with Gasteiger partial charge in [-0.3, -0.25) is 4.99 Å². The van der Waals surface area contributed by atoms with Crippen LogP contribution < -0.4 is 16.0 Å². The van der Waals surface area contributed by atoms with Crippen LogP contribution in [0.5, 0.6) is 0 Å². The highest BCUT2D eigenvalue weighted by Crippen LogP contribution is 2.18. The molecule has 1 saturated carbocycles. The van der Waals surface area contributed by atoms with Crippen molar-refractivity contribution in [3.05, 3.63) is 0 Å². The smallest absolute Gasteiger partial charge is 0.191 e. The topological polar surface area (TPSA) is 48.5 Å². The van der Waals surface area contributed by atoms with Gasteiger partial charge in [0.25, 0.3) is 0 Å². The summed E-state index contributed by atoms with van der Waals surface area (Å²) < 4.78 is 0. The van der Waals surface area contributed by atoms with Crippen molar-refractivity contribution >= 4 is 5.96 Å². The fourth-order valence-electron chi connectivity index (χ4n) is 1.34. The lowest BCUT2D eigenvalue weighted by molar-refractivity contribution is 0.432. The average molecular weight is 226 g/mol. The van der Waals surface area contributed by atoms with Crippen LogP contribution in [0.2, 0.25) is 0 Å². The van der Waals surface area contributed by atoms with Crippen LogP contribution in [0.4, 0.5) is 0 Å². The molecule has 0 aliphatic heterocycles. The number of guanidine groups is 1. The molecule has 0 aromatic rings. The van der Waals surface area contributed by atoms with E-state index in [1.807, 2.05) is 0 Å². The normalized spacial score (nSPS) is 17.4. The van der Waals surface area contributed by atoms with Gasteiger partial charge in [0, 0.05) is 24.7 Å². The number of aliphatic imine (C=N–C) groups is 1. The van der Waals surface area contributed by atoms with Gasteiger partial charge in [0.05, 0.1) is 6.54 Å². The van der Waals surface area contributed by atoms with Crippen molar-refractivity contribution in [2.24, 2.45) is 4.99 Å². The van der Waals surface area contributed by atoms with Crippen LogP contribution in [0.25, 0.3) is 0 Å². The van der Waals surface area contributed by atoms with Crippen LogP contribution in [0.15, 0.2) is 4.99 Å². The molecule has 0 bridgehead atoms. The predicted octanol–water partition coefficient (Wildman–Crippen LogP) is 1.09. The van der Waals surface area contributed by atoms with E-state index in [9.17, 15) is 0 Å². The second-order valence-corrected chi connectivity index (χ2v) is 5.36. The summed E-state index contributed by atoms with van der Waals surface area (Å²) in [6, 6.07) is 0.661. The molecule has 0 spiro atoms. The Labute approximate surface area is 99.3 Å². The summed E-state index contributed by atoms with van der Waals surface area (Å²) in [5.41, 5.74) is 0.178. The number of hydrogen-bond acceptors (Lipinski definition) is 2. The Kier molecular flexibility index (Phi) is 5.06. The first-order valence-electron chi connectivity index (χ1n) is 6.31. The fraction of sp³-hybridized carbons (Fsp3) is 0.917. The molecule has 94 valence electrons. The van der Waals surface area contributed by atoms with Gasteiger partial charge in [-0.2, -0.15) is 0 Å². The van der Waals surface area contributed by atoms with E-state index in [2.05, 4.69) is 48.6 Å². The molecular formula is C12H26N4. The summed E-state index contributed by atoms with van der Waals surface area (Å²) in [5, 5.41) is 10.1. The summed E-state index contributed by atoms with van der Waals surface area (Å²) in [4.78, 5) is 4.53. The molecule has 0 aromatic heterocycles. The second kappa shape index (κ2) is 6.09. The largest absolute Gasteiger partial charge is 0.357 e. The first kappa shape index (κ1) is 13.3. The van der Waals surface area contributed by atoms with Gasteiger partial charge in [-0.25, -0.2) is 0 Å². The second-order valence-electron chi connectivity index (χ2n) is 5.36. The Bertz CT molecular complexity index is 226. The molecule has 0 atom stereocenters. The van der Waals surface area contributed by atoms with Crippen LogP contribution in [0.1, 0.15) is 40.5 Å². The van der Waals surface area contributed by atoms with Crippen LogP contribution >= 0.6 is 0 Å². The number of nitrogens with one attached hydrogen (secondary N) is 3. The fourth-order valence-corrected chi connectivity index (χ4v) is 1.34. The van der Waals surface area contributed by atoms with E-state index in [0.29, 0.717) is 6.04 Å². The molecule has 4 nitrogen and oxygen atoms in total. The highest BCUT2D eigenvalue weighted by molar-refractivity contribution is 5.80. The Morgan fingerprint density at radius 3 is 2.50 bits per heavy atom. The van der Waals surface area contributed by atoms with Crippen LogP contribution in [-0.4, -0.2) is 37.2 Å². The standard InChI is InChI=1S/C12H26N4/c1-5-13-11(16-10-6-7-10)14-8-9-15-12(2,3)4/h10,15H,5-9H2,1-4H3,(H2,13,14,16). The summed E-state index contributed by atoms with van der Waals surface area (Å²) in [6.07, 6.45) is 2.56. The molecule has 0 heterocycles. The molecule has 1 fully saturated rings. The summed E-state index contributed by atoms with van der Waals surface area (Å²) in [5.74, 6) is 0.959. The quantitative estimate of drug-likeness (QED) is 0.374. The van der Waals surface area contributed by atoms with Crippen molar-refractivity contribution < 1.29 is 0 Å². The third kappa shape index (κ3) is 6.67. The van der Waals surface area contributed by atoms with Crippen molar-refractivity contribution in [2.75, 3.05) is 19.6 Å². The predicted molar refractivity (Wildman–Crippen MR) is 69.9 cm³/mol. The summed E-state index contributed by atoms with van der Waals surface area (Å²) in [6.45, 7) is 11.3. The maximum atomic E-state index is 4.53. The number of rotatable bonds is 5. The summed E-state index contributed by atoms with van der Waals surface area (Å²) in [7, 11) is 0. The van der Waals surface area contributed by atoms with Crippen molar-refractivity contribution in [1.82, 2.24) is 16.0 Å². The third-order valence-corrected chi connectivity index (χ3v) is 2.30. The Morgan fingerprint density at radius 1 is 1.31 bits per heavy atom. The molecule has 1 aliphatic carbocycles. The lowest BCUT2D eigenvalue weighted by atomic mass is 10.1. The minimum absolute atomic E-state index is 0.178. The monoisotopic (exact) mass is 226 g/mol.